The van der Waals surface area contributed by atoms with Gasteiger partial charge in [-0.15, -0.1) is 11.3 Å². The second kappa shape index (κ2) is 7.90. The summed E-state index contributed by atoms with van der Waals surface area (Å²) in [6, 6.07) is 19.9. The SMILES string of the molecule is COc1ccc(N(Cc2cccs2)C(=O)Cc2c(C)[nH]c3ccccc23)cc1. The van der Waals surface area contributed by atoms with Gasteiger partial charge in [-0.25, -0.2) is 0 Å². The Bertz CT molecular complexity index is 1080. The number of nitrogens with zero attached hydrogens (tertiary/aromatic N) is 1. The molecule has 142 valence electrons. The van der Waals surface area contributed by atoms with Crippen LogP contribution in [0.5, 0.6) is 5.75 Å². The maximum absolute atomic E-state index is 13.4. The third-order valence-corrected chi connectivity index (χ3v) is 5.80. The Labute approximate surface area is 168 Å². The minimum Gasteiger partial charge on any atom is -0.497 e. The number of fused-ring (bicyclic) bond motifs is 1. The van der Waals surface area contributed by atoms with E-state index in [1.807, 2.05) is 65.7 Å². The zero-order valence-electron chi connectivity index (χ0n) is 15.9. The summed E-state index contributed by atoms with van der Waals surface area (Å²) in [6.45, 7) is 2.59. The number of aromatic amines is 1. The molecule has 0 aliphatic rings. The van der Waals surface area contributed by atoms with Gasteiger partial charge in [-0.3, -0.25) is 4.79 Å². The molecule has 0 aliphatic carbocycles. The van der Waals surface area contributed by atoms with Crippen LogP contribution >= 0.6 is 11.3 Å². The van der Waals surface area contributed by atoms with Crippen molar-refractivity contribution in [2.24, 2.45) is 0 Å². The fraction of sp³-hybridized carbons (Fsp3) is 0.174. The second-order valence-corrected chi connectivity index (χ2v) is 7.74. The van der Waals surface area contributed by atoms with Crippen LogP contribution in [0.1, 0.15) is 16.1 Å². The first-order valence-corrected chi connectivity index (χ1v) is 10.1. The molecule has 0 bridgehead atoms. The average molecular weight is 391 g/mol. The molecule has 4 rings (SSSR count). The van der Waals surface area contributed by atoms with E-state index in [9.17, 15) is 4.79 Å². The van der Waals surface area contributed by atoms with Gasteiger partial charge in [0.05, 0.1) is 20.1 Å². The molecule has 28 heavy (non-hydrogen) atoms. The minimum absolute atomic E-state index is 0.0754. The zero-order chi connectivity index (χ0) is 19.5. The highest BCUT2D eigenvalue weighted by Gasteiger charge is 2.20. The summed E-state index contributed by atoms with van der Waals surface area (Å²) < 4.78 is 5.26. The molecule has 2 aromatic heterocycles. The van der Waals surface area contributed by atoms with Crippen LogP contribution in [0, 0.1) is 6.92 Å². The standard InChI is InChI=1S/C23H22N2O2S/c1-16-21(20-7-3-4-8-22(20)24-16)14-23(26)25(15-19-6-5-13-28-19)17-9-11-18(27-2)12-10-17/h3-13,24H,14-15H2,1-2H3. The van der Waals surface area contributed by atoms with Crippen LogP contribution in [0.2, 0.25) is 0 Å². The second-order valence-electron chi connectivity index (χ2n) is 6.71. The number of rotatable bonds is 6. The third-order valence-electron chi connectivity index (χ3n) is 4.93. The Morgan fingerprint density at radius 3 is 2.57 bits per heavy atom. The summed E-state index contributed by atoms with van der Waals surface area (Å²) in [4.78, 5) is 19.8. The number of para-hydroxylation sites is 1. The number of methoxy groups -OCH3 is 1. The van der Waals surface area contributed by atoms with Gasteiger partial charge in [0.25, 0.3) is 0 Å². The summed E-state index contributed by atoms with van der Waals surface area (Å²) in [6.07, 6.45) is 0.354. The predicted molar refractivity (Wildman–Crippen MR) is 115 cm³/mol. The quantitative estimate of drug-likeness (QED) is 0.484. The molecule has 5 heteroatoms. The number of hydrogen-bond acceptors (Lipinski definition) is 3. The monoisotopic (exact) mass is 390 g/mol. The van der Waals surface area contributed by atoms with E-state index in [-0.39, 0.29) is 5.91 Å². The van der Waals surface area contributed by atoms with Gasteiger partial charge in [0.15, 0.2) is 0 Å². The van der Waals surface area contributed by atoms with E-state index in [1.54, 1.807) is 18.4 Å². The van der Waals surface area contributed by atoms with Gasteiger partial charge in [0.2, 0.25) is 5.91 Å². The Hall–Kier alpha value is -3.05. The van der Waals surface area contributed by atoms with Crippen molar-refractivity contribution in [1.82, 2.24) is 4.98 Å². The molecule has 2 aromatic carbocycles. The number of nitrogens with one attached hydrogen (secondary N) is 1. The third kappa shape index (κ3) is 3.66. The number of aromatic nitrogens is 1. The number of ether oxygens (including phenoxy) is 1. The zero-order valence-corrected chi connectivity index (χ0v) is 16.8. The van der Waals surface area contributed by atoms with Crippen molar-refractivity contribution in [3.8, 4) is 5.75 Å². The first-order valence-electron chi connectivity index (χ1n) is 9.18. The first kappa shape index (κ1) is 18.3. The fourth-order valence-corrected chi connectivity index (χ4v) is 4.15. The van der Waals surface area contributed by atoms with Gasteiger partial charge in [0.1, 0.15) is 5.75 Å². The molecule has 0 aliphatic heterocycles. The number of anilines is 1. The normalized spacial score (nSPS) is 10.9. The Morgan fingerprint density at radius 2 is 1.86 bits per heavy atom. The van der Waals surface area contributed by atoms with E-state index >= 15 is 0 Å². The van der Waals surface area contributed by atoms with Crippen LogP contribution in [0.4, 0.5) is 5.69 Å². The molecule has 0 saturated heterocycles. The van der Waals surface area contributed by atoms with Crippen molar-refractivity contribution in [3.05, 3.63) is 82.2 Å². The van der Waals surface area contributed by atoms with Crippen LogP contribution in [-0.4, -0.2) is 18.0 Å². The van der Waals surface area contributed by atoms with Crippen LogP contribution in [0.15, 0.2) is 66.0 Å². The van der Waals surface area contributed by atoms with Crippen molar-refractivity contribution < 1.29 is 9.53 Å². The number of benzene rings is 2. The molecule has 2 heterocycles. The molecule has 1 amide bonds. The van der Waals surface area contributed by atoms with Gasteiger partial charge < -0.3 is 14.6 Å². The molecule has 0 unspecified atom stereocenters. The van der Waals surface area contributed by atoms with Gasteiger partial charge >= 0.3 is 0 Å². The van der Waals surface area contributed by atoms with Crippen molar-refractivity contribution >= 4 is 33.8 Å². The number of H-pyrrole nitrogens is 1. The maximum Gasteiger partial charge on any atom is 0.231 e. The van der Waals surface area contributed by atoms with Crippen molar-refractivity contribution in [2.75, 3.05) is 12.0 Å². The molecular weight excluding hydrogens is 368 g/mol. The summed E-state index contributed by atoms with van der Waals surface area (Å²) >= 11 is 1.66. The smallest absolute Gasteiger partial charge is 0.231 e. The molecule has 0 saturated carbocycles. The van der Waals surface area contributed by atoms with Crippen molar-refractivity contribution in [3.63, 3.8) is 0 Å². The lowest BCUT2D eigenvalue weighted by atomic mass is 10.1. The lowest BCUT2D eigenvalue weighted by molar-refractivity contribution is -0.118. The molecule has 4 nitrogen and oxygen atoms in total. The van der Waals surface area contributed by atoms with E-state index in [0.717, 1.165) is 38.5 Å². The average Bonchev–Trinajstić information content (AvgIpc) is 3.34. The molecule has 0 spiro atoms. The van der Waals surface area contributed by atoms with Crippen LogP contribution in [0.3, 0.4) is 0 Å². The van der Waals surface area contributed by atoms with E-state index < -0.39 is 0 Å². The van der Waals surface area contributed by atoms with Crippen LogP contribution in [-0.2, 0) is 17.8 Å². The number of hydrogen-bond donors (Lipinski definition) is 1. The molecule has 0 fully saturated rings. The number of amides is 1. The van der Waals surface area contributed by atoms with Crippen LogP contribution < -0.4 is 9.64 Å². The maximum atomic E-state index is 13.4. The largest absolute Gasteiger partial charge is 0.497 e. The molecule has 0 radical (unpaired) electrons. The number of carbonyl (C=O) groups is 1. The van der Waals surface area contributed by atoms with E-state index in [1.165, 1.54) is 0 Å². The molecule has 1 N–H and O–H groups in total. The highest BCUT2D eigenvalue weighted by atomic mass is 32.1. The van der Waals surface area contributed by atoms with Gasteiger partial charge in [-0.2, -0.15) is 0 Å². The van der Waals surface area contributed by atoms with Gasteiger partial charge in [-0.1, -0.05) is 24.3 Å². The lowest BCUT2D eigenvalue weighted by Crippen LogP contribution is -2.31. The number of thiophene rings is 1. The Morgan fingerprint density at radius 1 is 1.07 bits per heavy atom. The molecule has 0 atom stereocenters. The minimum atomic E-state index is 0.0754. The fourth-order valence-electron chi connectivity index (χ4n) is 3.45. The predicted octanol–water partition coefficient (Wildman–Crippen LogP) is 5.32. The van der Waals surface area contributed by atoms with Crippen LogP contribution in [0.25, 0.3) is 10.9 Å². The number of carbonyl (C=O) groups excluding carboxylic acids is 1. The van der Waals surface area contributed by atoms with E-state index in [2.05, 4.69) is 17.1 Å². The van der Waals surface area contributed by atoms with Gasteiger partial charge in [-0.05, 0) is 54.3 Å². The van der Waals surface area contributed by atoms with E-state index in [0.29, 0.717) is 13.0 Å². The highest BCUT2D eigenvalue weighted by Crippen LogP contribution is 2.26. The number of aryl methyl sites for hydroxylation is 1. The van der Waals surface area contributed by atoms with Crippen molar-refractivity contribution in [2.45, 2.75) is 19.9 Å². The Kier molecular flexibility index (Phi) is 5.17. The van der Waals surface area contributed by atoms with Crippen molar-refractivity contribution in [1.29, 1.82) is 0 Å². The first-order chi connectivity index (χ1) is 13.7. The highest BCUT2D eigenvalue weighted by molar-refractivity contribution is 7.09. The van der Waals surface area contributed by atoms with E-state index in [4.69, 9.17) is 4.74 Å². The molecule has 4 aromatic rings. The summed E-state index contributed by atoms with van der Waals surface area (Å²) in [7, 11) is 1.64. The molecular formula is C23H22N2O2S. The Balaban J connectivity index is 1.66. The summed E-state index contributed by atoms with van der Waals surface area (Å²) in [5, 5.41) is 3.15. The lowest BCUT2D eigenvalue weighted by Gasteiger charge is -2.23. The van der Waals surface area contributed by atoms with Gasteiger partial charge in [0, 0.05) is 27.2 Å². The topological polar surface area (TPSA) is 45.3 Å². The summed E-state index contributed by atoms with van der Waals surface area (Å²) in [5.74, 6) is 0.853. The summed E-state index contributed by atoms with van der Waals surface area (Å²) in [5.41, 5.74) is 4.04.